The summed E-state index contributed by atoms with van der Waals surface area (Å²) in [5.74, 6) is -0.287. The van der Waals surface area contributed by atoms with Gasteiger partial charge in [-0.15, -0.1) is 0 Å². The van der Waals surface area contributed by atoms with Crippen LogP contribution < -0.4 is 16.4 Å². The standard InChI is InChI=1S/C19H29N3O2/c1-14-7-6-8-15(2)18(14)22-17(24)12-21-16(23)11-19(13-20)9-4-3-5-10-19/h6-8H,3-5,9-13,20H2,1-2H3,(H,21,23)(H,22,24). The summed E-state index contributed by atoms with van der Waals surface area (Å²) in [6.45, 7) is 4.44. The number of aryl methyl sites for hydroxylation is 2. The van der Waals surface area contributed by atoms with E-state index in [0.717, 1.165) is 42.5 Å². The summed E-state index contributed by atoms with van der Waals surface area (Å²) >= 11 is 0. The Morgan fingerprint density at radius 2 is 1.71 bits per heavy atom. The number of rotatable bonds is 6. The largest absolute Gasteiger partial charge is 0.347 e. The molecule has 0 aromatic heterocycles. The van der Waals surface area contributed by atoms with Gasteiger partial charge in [0.2, 0.25) is 11.8 Å². The molecule has 5 heteroatoms. The maximum atomic E-state index is 12.2. The molecule has 0 heterocycles. The molecule has 1 saturated carbocycles. The molecule has 4 N–H and O–H groups in total. The Morgan fingerprint density at radius 3 is 2.29 bits per heavy atom. The normalized spacial score (nSPS) is 16.5. The van der Waals surface area contributed by atoms with Crippen LogP contribution in [0.3, 0.4) is 0 Å². The number of hydrogen-bond donors (Lipinski definition) is 3. The van der Waals surface area contributed by atoms with Gasteiger partial charge in [0.15, 0.2) is 0 Å². The molecule has 2 rings (SSSR count). The predicted molar refractivity (Wildman–Crippen MR) is 96.7 cm³/mol. The minimum Gasteiger partial charge on any atom is -0.347 e. The SMILES string of the molecule is Cc1cccc(C)c1NC(=O)CNC(=O)CC1(CN)CCCCC1. The van der Waals surface area contributed by atoms with Crippen molar-refractivity contribution in [1.29, 1.82) is 0 Å². The summed E-state index contributed by atoms with van der Waals surface area (Å²) in [5.41, 5.74) is 8.69. The van der Waals surface area contributed by atoms with Crippen molar-refractivity contribution < 1.29 is 9.59 Å². The lowest BCUT2D eigenvalue weighted by Gasteiger charge is -2.35. The third-order valence-electron chi connectivity index (χ3n) is 5.07. The van der Waals surface area contributed by atoms with Crippen molar-refractivity contribution in [1.82, 2.24) is 5.32 Å². The van der Waals surface area contributed by atoms with E-state index in [9.17, 15) is 9.59 Å². The summed E-state index contributed by atoms with van der Waals surface area (Å²) in [6, 6.07) is 5.86. The van der Waals surface area contributed by atoms with Crippen molar-refractivity contribution in [2.75, 3.05) is 18.4 Å². The number of benzene rings is 1. The number of hydrogen-bond acceptors (Lipinski definition) is 3. The molecule has 1 aliphatic carbocycles. The molecule has 1 fully saturated rings. The van der Waals surface area contributed by atoms with Crippen LogP contribution in [0.5, 0.6) is 0 Å². The van der Waals surface area contributed by atoms with Gasteiger partial charge in [-0.25, -0.2) is 0 Å². The minimum atomic E-state index is -0.203. The van der Waals surface area contributed by atoms with Gasteiger partial charge in [-0.3, -0.25) is 9.59 Å². The lowest BCUT2D eigenvalue weighted by Crippen LogP contribution is -2.40. The number of carbonyl (C=O) groups is 2. The fraction of sp³-hybridized carbons (Fsp3) is 0.579. The van der Waals surface area contributed by atoms with Crippen molar-refractivity contribution in [3.8, 4) is 0 Å². The van der Waals surface area contributed by atoms with E-state index in [0.29, 0.717) is 13.0 Å². The molecule has 0 bridgehead atoms. The average molecular weight is 331 g/mol. The van der Waals surface area contributed by atoms with E-state index >= 15 is 0 Å². The Bertz CT molecular complexity index is 572. The molecule has 132 valence electrons. The highest BCUT2D eigenvalue weighted by atomic mass is 16.2. The molecule has 5 nitrogen and oxygen atoms in total. The molecule has 0 unspecified atom stereocenters. The molecular formula is C19H29N3O2. The predicted octanol–water partition coefficient (Wildman–Crippen LogP) is 2.66. The van der Waals surface area contributed by atoms with Crippen LogP contribution in [0.15, 0.2) is 18.2 Å². The van der Waals surface area contributed by atoms with Crippen molar-refractivity contribution in [3.63, 3.8) is 0 Å². The van der Waals surface area contributed by atoms with Gasteiger partial charge >= 0.3 is 0 Å². The summed E-state index contributed by atoms with van der Waals surface area (Å²) in [7, 11) is 0. The topological polar surface area (TPSA) is 84.2 Å². The van der Waals surface area contributed by atoms with Crippen LogP contribution in [0.4, 0.5) is 5.69 Å². The minimum absolute atomic E-state index is 0.00669. The Morgan fingerprint density at radius 1 is 1.08 bits per heavy atom. The van der Waals surface area contributed by atoms with Crippen LogP contribution in [-0.2, 0) is 9.59 Å². The molecule has 1 aliphatic rings. The van der Waals surface area contributed by atoms with E-state index in [1.807, 2.05) is 32.0 Å². The fourth-order valence-corrected chi connectivity index (χ4v) is 3.53. The lowest BCUT2D eigenvalue weighted by atomic mass is 9.71. The first-order valence-corrected chi connectivity index (χ1v) is 8.79. The highest BCUT2D eigenvalue weighted by Gasteiger charge is 2.32. The molecule has 24 heavy (non-hydrogen) atoms. The maximum Gasteiger partial charge on any atom is 0.243 e. The van der Waals surface area contributed by atoms with Gasteiger partial charge in [0.05, 0.1) is 6.54 Å². The van der Waals surface area contributed by atoms with E-state index in [1.54, 1.807) is 0 Å². The van der Waals surface area contributed by atoms with Crippen molar-refractivity contribution in [2.45, 2.75) is 52.4 Å². The summed E-state index contributed by atoms with van der Waals surface area (Å²) in [6.07, 6.45) is 5.92. The number of anilines is 1. The first-order valence-electron chi connectivity index (χ1n) is 8.79. The summed E-state index contributed by atoms with van der Waals surface area (Å²) in [4.78, 5) is 24.3. The molecule has 1 aromatic carbocycles. The highest BCUT2D eigenvalue weighted by molar-refractivity contribution is 5.95. The summed E-state index contributed by atoms with van der Waals surface area (Å²) in [5, 5.41) is 5.62. The monoisotopic (exact) mass is 331 g/mol. The van der Waals surface area contributed by atoms with Crippen LogP contribution in [0.1, 0.15) is 49.7 Å². The molecule has 2 amide bonds. The number of nitrogens with two attached hydrogens (primary N) is 1. The second-order valence-electron chi connectivity index (χ2n) is 7.03. The third-order valence-corrected chi connectivity index (χ3v) is 5.07. The van der Waals surface area contributed by atoms with Crippen LogP contribution >= 0.6 is 0 Å². The van der Waals surface area contributed by atoms with Crippen LogP contribution in [0, 0.1) is 19.3 Å². The van der Waals surface area contributed by atoms with Gasteiger partial charge in [-0.2, -0.15) is 0 Å². The zero-order valence-corrected chi connectivity index (χ0v) is 14.8. The Kier molecular flexibility index (Phi) is 6.37. The smallest absolute Gasteiger partial charge is 0.243 e. The van der Waals surface area contributed by atoms with E-state index in [1.165, 1.54) is 6.42 Å². The molecule has 0 aliphatic heterocycles. The zero-order valence-electron chi connectivity index (χ0n) is 14.8. The van der Waals surface area contributed by atoms with E-state index < -0.39 is 0 Å². The zero-order chi connectivity index (χ0) is 17.6. The number of carbonyl (C=O) groups excluding carboxylic acids is 2. The summed E-state index contributed by atoms with van der Waals surface area (Å²) < 4.78 is 0. The Labute approximate surface area is 144 Å². The van der Waals surface area contributed by atoms with Crippen molar-refractivity contribution in [2.24, 2.45) is 11.1 Å². The van der Waals surface area contributed by atoms with Crippen LogP contribution in [0.2, 0.25) is 0 Å². The Balaban J connectivity index is 1.84. The molecule has 1 aromatic rings. The van der Waals surface area contributed by atoms with E-state index in [-0.39, 0.29) is 23.8 Å². The number of para-hydroxylation sites is 1. The third kappa shape index (κ3) is 4.81. The van der Waals surface area contributed by atoms with Gasteiger partial charge in [-0.05, 0) is 49.8 Å². The maximum absolute atomic E-state index is 12.2. The van der Waals surface area contributed by atoms with Crippen molar-refractivity contribution in [3.05, 3.63) is 29.3 Å². The van der Waals surface area contributed by atoms with Crippen LogP contribution in [-0.4, -0.2) is 24.9 Å². The molecule has 0 spiro atoms. The highest BCUT2D eigenvalue weighted by Crippen LogP contribution is 2.38. The van der Waals surface area contributed by atoms with Gasteiger partial charge in [0.25, 0.3) is 0 Å². The molecule has 0 atom stereocenters. The quantitative estimate of drug-likeness (QED) is 0.749. The second-order valence-corrected chi connectivity index (χ2v) is 7.03. The van der Waals surface area contributed by atoms with Gasteiger partial charge in [-0.1, -0.05) is 37.5 Å². The average Bonchev–Trinajstić information content (AvgIpc) is 2.57. The first-order chi connectivity index (χ1) is 11.5. The van der Waals surface area contributed by atoms with Gasteiger partial charge in [0.1, 0.15) is 0 Å². The Hall–Kier alpha value is -1.88. The van der Waals surface area contributed by atoms with Crippen LogP contribution in [0.25, 0.3) is 0 Å². The van der Waals surface area contributed by atoms with E-state index in [2.05, 4.69) is 10.6 Å². The molecule has 0 saturated heterocycles. The van der Waals surface area contributed by atoms with Gasteiger partial charge in [0, 0.05) is 12.1 Å². The molecule has 0 radical (unpaired) electrons. The van der Waals surface area contributed by atoms with Crippen molar-refractivity contribution >= 4 is 17.5 Å². The second kappa shape index (κ2) is 8.29. The first kappa shape index (κ1) is 18.5. The van der Waals surface area contributed by atoms with Gasteiger partial charge < -0.3 is 16.4 Å². The fourth-order valence-electron chi connectivity index (χ4n) is 3.53. The molecular weight excluding hydrogens is 302 g/mol. The number of amides is 2. The number of nitrogens with one attached hydrogen (secondary N) is 2. The lowest BCUT2D eigenvalue weighted by molar-refractivity contribution is -0.126. The van der Waals surface area contributed by atoms with E-state index in [4.69, 9.17) is 5.73 Å².